The molecule has 0 bridgehead atoms. The van der Waals surface area contributed by atoms with Gasteiger partial charge in [-0.1, -0.05) is 18.7 Å². The van der Waals surface area contributed by atoms with E-state index >= 15 is 0 Å². The first kappa shape index (κ1) is 17.7. The SMILES string of the molecule is CC[C@@]1(O)C(=O)OCc2c1cc1n(c2=O)Cc2c-1nc1ccc(O)c3c1c2C=CS3. The highest BCUT2D eigenvalue weighted by molar-refractivity contribution is 8.02. The molecule has 7 nitrogen and oxygen atoms in total. The zero-order valence-electron chi connectivity index (χ0n) is 15.9. The van der Waals surface area contributed by atoms with Crippen LogP contribution in [0.2, 0.25) is 0 Å². The molecule has 0 amide bonds. The number of rotatable bonds is 1. The van der Waals surface area contributed by atoms with E-state index in [0.29, 0.717) is 29.1 Å². The van der Waals surface area contributed by atoms with E-state index in [1.165, 1.54) is 11.8 Å². The topological polar surface area (TPSA) is 102 Å². The van der Waals surface area contributed by atoms with Crippen molar-refractivity contribution < 1.29 is 19.7 Å². The Labute approximate surface area is 174 Å². The van der Waals surface area contributed by atoms with Crippen LogP contribution in [-0.4, -0.2) is 25.7 Å². The van der Waals surface area contributed by atoms with Gasteiger partial charge in [0.1, 0.15) is 12.4 Å². The standard InChI is InChI=1S/C22H16N2O5S/c1-2-22(28)13-7-15-18-11(8-24(15)20(26)12(13)9-29-21(22)27)10-5-6-30-19-16(25)4-3-14(23-18)17(10)19/h3-7,25,28H,2,8-9H2,1H3/t22-/m0/s1. The molecule has 3 aliphatic rings. The quantitative estimate of drug-likeness (QED) is 0.457. The molecule has 0 spiro atoms. The summed E-state index contributed by atoms with van der Waals surface area (Å²) in [6.07, 6.45) is 2.08. The van der Waals surface area contributed by atoms with E-state index in [4.69, 9.17) is 9.72 Å². The predicted molar refractivity (Wildman–Crippen MR) is 111 cm³/mol. The number of phenolic OH excluding ortho intramolecular Hbond substituents is 1. The fourth-order valence-electron chi connectivity index (χ4n) is 4.64. The van der Waals surface area contributed by atoms with E-state index in [2.05, 4.69) is 0 Å². The number of aliphatic hydroxyl groups is 1. The zero-order valence-corrected chi connectivity index (χ0v) is 16.7. The van der Waals surface area contributed by atoms with E-state index in [0.717, 1.165) is 26.9 Å². The van der Waals surface area contributed by atoms with Crippen molar-refractivity contribution in [3.8, 4) is 17.1 Å². The monoisotopic (exact) mass is 420 g/mol. The average Bonchev–Trinajstić information content (AvgIpc) is 3.13. The molecule has 3 aromatic rings. The minimum Gasteiger partial charge on any atom is -0.507 e. The number of esters is 1. The molecule has 0 saturated heterocycles. The first-order chi connectivity index (χ1) is 14.4. The number of aromatic nitrogens is 2. The molecule has 0 saturated carbocycles. The first-order valence-electron chi connectivity index (χ1n) is 9.63. The predicted octanol–water partition coefficient (Wildman–Crippen LogP) is 2.86. The number of benzene rings is 1. The van der Waals surface area contributed by atoms with Gasteiger partial charge < -0.3 is 19.5 Å². The molecular formula is C22H16N2O5S. The maximum atomic E-state index is 13.3. The van der Waals surface area contributed by atoms with Gasteiger partial charge in [-0.25, -0.2) is 9.78 Å². The number of carbonyl (C=O) groups excluding carboxylic acids is 1. The summed E-state index contributed by atoms with van der Waals surface area (Å²) in [6.45, 7) is 1.86. The van der Waals surface area contributed by atoms with Gasteiger partial charge in [0.25, 0.3) is 5.56 Å². The van der Waals surface area contributed by atoms with Gasteiger partial charge in [-0.05, 0) is 41.7 Å². The van der Waals surface area contributed by atoms with E-state index < -0.39 is 11.6 Å². The second-order valence-corrected chi connectivity index (χ2v) is 8.60. The molecular weight excluding hydrogens is 404 g/mol. The highest BCUT2D eigenvalue weighted by atomic mass is 32.2. The number of thioether (sulfide) groups is 1. The zero-order chi connectivity index (χ0) is 20.8. The highest BCUT2D eigenvalue weighted by Crippen LogP contribution is 2.46. The van der Waals surface area contributed by atoms with Crippen molar-refractivity contribution in [3.63, 3.8) is 0 Å². The summed E-state index contributed by atoms with van der Waals surface area (Å²) in [5, 5.41) is 24.0. The summed E-state index contributed by atoms with van der Waals surface area (Å²) >= 11 is 1.44. The Morgan fingerprint density at radius 1 is 1.30 bits per heavy atom. The number of nitrogens with zero attached hydrogens (tertiary/aromatic N) is 2. The van der Waals surface area contributed by atoms with Crippen molar-refractivity contribution in [1.82, 2.24) is 9.55 Å². The molecule has 5 heterocycles. The van der Waals surface area contributed by atoms with Gasteiger partial charge >= 0.3 is 5.97 Å². The van der Waals surface area contributed by atoms with Crippen LogP contribution < -0.4 is 5.56 Å². The molecule has 0 radical (unpaired) electrons. The van der Waals surface area contributed by atoms with Crippen molar-refractivity contribution in [2.45, 2.75) is 37.0 Å². The van der Waals surface area contributed by atoms with Crippen molar-refractivity contribution in [3.05, 3.63) is 56.2 Å². The fourth-order valence-corrected chi connectivity index (χ4v) is 5.50. The Kier molecular flexibility index (Phi) is 3.39. The van der Waals surface area contributed by atoms with E-state index in [9.17, 15) is 19.8 Å². The molecule has 3 aliphatic heterocycles. The summed E-state index contributed by atoms with van der Waals surface area (Å²) in [6, 6.07) is 5.09. The van der Waals surface area contributed by atoms with Gasteiger partial charge in [0.2, 0.25) is 0 Å². The van der Waals surface area contributed by atoms with E-state index in [1.54, 1.807) is 29.7 Å². The number of aromatic hydroxyl groups is 1. The van der Waals surface area contributed by atoms with E-state index in [-0.39, 0.29) is 24.3 Å². The minimum atomic E-state index is -1.84. The Bertz CT molecular complexity index is 1410. The number of carbonyl (C=O) groups is 1. The third kappa shape index (κ3) is 2.02. The average molecular weight is 420 g/mol. The van der Waals surface area contributed by atoms with Crippen LogP contribution in [0.4, 0.5) is 0 Å². The highest BCUT2D eigenvalue weighted by Gasteiger charge is 2.45. The molecule has 2 aromatic heterocycles. The van der Waals surface area contributed by atoms with Gasteiger partial charge in [0, 0.05) is 16.5 Å². The number of fused-ring (bicyclic) bond motifs is 5. The van der Waals surface area contributed by atoms with Crippen LogP contribution >= 0.6 is 11.8 Å². The lowest BCUT2D eigenvalue weighted by Gasteiger charge is -2.31. The van der Waals surface area contributed by atoms with Gasteiger partial charge in [0.15, 0.2) is 5.60 Å². The second kappa shape index (κ2) is 5.74. The van der Waals surface area contributed by atoms with E-state index in [1.807, 2.05) is 11.5 Å². The van der Waals surface area contributed by atoms with Gasteiger partial charge in [0.05, 0.1) is 33.9 Å². The van der Waals surface area contributed by atoms with Gasteiger partial charge in [-0.15, -0.1) is 0 Å². The molecule has 2 N–H and O–H groups in total. The number of hydrogen-bond acceptors (Lipinski definition) is 7. The third-order valence-electron chi connectivity index (χ3n) is 6.25. The number of ether oxygens (including phenoxy) is 1. The maximum Gasteiger partial charge on any atom is 0.343 e. The Hall–Kier alpha value is -3.10. The molecule has 8 heteroatoms. The number of cyclic esters (lactones) is 1. The molecule has 30 heavy (non-hydrogen) atoms. The second-order valence-electron chi connectivity index (χ2n) is 7.68. The number of hydrogen-bond donors (Lipinski definition) is 2. The van der Waals surface area contributed by atoms with Crippen LogP contribution in [0.15, 0.2) is 33.3 Å². The van der Waals surface area contributed by atoms with Crippen molar-refractivity contribution in [2.24, 2.45) is 0 Å². The molecule has 0 unspecified atom stereocenters. The van der Waals surface area contributed by atoms with Crippen LogP contribution in [0.1, 0.15) is 35.6 Å². The van der Waals surface area contributed by atoms with Crippen LogP contribution in [0, 0.1) is 0 Å². The van der Waals surface area contributed by atoms with Crippen LogP contribution in [0.5, 0.6) is 5.75 Å². The fraction of sp³-hybridized carbons (Fsp3) is 0.227. The Morgan fingerprint density at radius 3 is 2.93 bits per heavy atom. The molecule has 6 rings (SSSR count). The lowest BCUT2D eigenvalue weighted by Crippen LogP contribution is -2.44. The minimum absolute atomic E-state index is 0.105. The number of pyridine rings is 2. The summed E-state index contributed by atoms with van der Waals surface area (Å²) in [5.41, 5.74) is 2.25. The van der Waals surface area contributed by atoms with Crippen molar-refractivity contribution >= 4 is 34.7 Å². The molecule has 0 aliphatic carbocycles. The van der Waals surface area contributed by atoms with Crippen LogP contribution in [0.3, 0.4) is 0 Å². The lowest BCUT2D eigenvalue weighted by molar-refractivity contribution is -0.172. The van der Waals surface area contributed by atoms with Gasteiger partial charge in [-0.3, -0.25) is 4.79 Å². The Balaban J connectivity index is 1.69. The van der Waals surface area contributed by atoms with Crippen molar-refractivity contribution in [2.75, 3.05) is 0 Å². The summed E-state index contributed by atoms with van der Waals surface area (Å²) < 4.78 is 6.74. The molecule has 1 atom stereocenters. The third-order valence-corrected chi connectivity index (χ3v) is 7.17. The normalized spacial score (nSPS) is 20.7. The summed E-state index contributed by atoms with van der Waals surface area (Å²) in [4.78, 5) is 31.1. The molecule has 0 fully saturated rings. The smallest absolute Gasteiger partial charge is 0.343 e. The Morgan fingerprint density at radius 2 is 2.13 bits per heavy atom. The van der Waals surface area contributed by atoms with Gasteiger partial charge in [-0.2, -0.15) is 0 Å². The summed E-state index contributed by atoms with van der Waals surface area (Å²) in [7, 11) is 0. The first-order valence-corrected chi connectivity index (χ1v) is 10.5. The molecule has 150 valence electrons. The molecule has 1 aromatic carbocycles. The lowest BCUT2D eigenvalue weighted by atomic mass is 9.86. The van der Waals surface area contributed by atoms with Crippen molar-refractivity contribution in [1.29, 1.82) is 0 Å². The van der Waals surface area contributed by atoms with Crippen LogP contribution in [-0.2, 0) is 28.3 Å². The van der Waals surface area contributed by atoms with Crippen LogP contribution in [0.25, 0.3) is 28.4 Å². The summed E-state index contributed by atoms with van der Waals surface area (Å²) in [5.74, 6) is -0.534. The number of phenols is 1. The maximum absolute atomic E-state index is 13.3. The largest absolute Gasteiger partial charge is 0.507 e.